The van der Waals surface area contributed by atoms with Crippen LogP contribution in [0.2, 0.25) is 0 Å². The largest absolute Gasteiger partial charge is 0.366 e. The normalized spacial score (nSPS) is 33.1. The predicted octanol–water partition coefficient (Wildman–Crippen LogP) is 3.19. The number of aliphatic imine (C=N–C) groups is 2. The van der Waals surface area contributed by atoms with Gasteiger partial charge >= 0.3 is 0 Å². The van der Waals surface area contributed by atoms with Gasteiger partial charge in [0.1, 0.15) is 30.6 Å². The highest BCUT2D eigenvalue weighted by Crippen LogP contribution is 2.37. The molecule has 2 saturated heterocycles. The summed E-state index contributed by atoms with van der Waals surface area (Å²) < 4.78 is 5.55. The van der Waals surface area contributed by atoms with Gasteiger partial charge in [-0.1, -0.05) is 12.8 Å². The minimum Gasteiger partial charge on any atom is -0.366 e. The number of nitrogens with one attached hydrogen (secondary N) is 1. The van der Waals surface area contributed by atoms with Crippen LogP contribution in [0.15, 0.2) is 22.1 Å². The van der Waals surface area contributed by atoms with Gasteiger partial charge in [-0.25, -0.2) is 4.99 Å². The van der Waals surface area contributed by atoms with Crippen molar-refractivity contribution in [3.63, 3.8) is 0 Å². The van der Waals surface area contributed by atoms with E-state index in [4.69, 9.17) is 21.3 Å². The monoisotopic (exact) mass is 530 g/mol. The van der Waals surface area contributed by atoms with Crippen molar-refractivity contribution in [1.29, 1.82) is 0 Å². The average molecular weight is 531 g/mol. The number of ketones is 1. The SMILES string of the molecule is CC1N=C(C2CC2)N=CC1c1ccc(C(=O)N[C@H](C(=O)N2C[C@H](Cl)[C@H]3OCC(=O)[C@H]32)C2CCCC2)s1. The third-order valence-electron chi connectivity index (χ3n) is 8.17. The standard InChI is InChI=1S/C26H31ClN4O4S/c1-13-16(10-28-24(29-13)15-6-7-15)19-8-9-20(36-19)25(33)30-21(14-4-2-3-5-14)26(34)31-11-17(27)23-22(31)18(32)12-35-23/h8-10,13-17,21-23H,2-7,11-12H2,1H3,(H,30,33)/t13?,16?,17-,21-,22+,23+/m0/s1. The summed E-state index contributed by atoms with van der Waals surface area (Å²) in [5, 5.41) is 2.62. The third-order valence-corrected chi connectivity index (χ3v) is 9.75. The van der Waals surface area contributed by atoms with E-state index in [0.717, 1.165) is 36.4 Å². The molecule has 1 aromatic heterocycles. The van der Waals surface area contributed by atoms with Crippen molar-refractivity contribution in [3.8, 4) is 0 Å². The second-order valence-corrected chi connectivity index (χ2v) is 12.4. The number of halogens is 1. The summed E-state index contributed by atoms with van der Waals surface area (Å²) in [4.78, 5) is 52.1. The molecule has 2 aliphatic carbocycles. The average Bonchev–Trinajstić information content (AvgIpc) is 3.25. The smallest absolute Gasteiger partial charge is 0.262 e. The summed E-state index contributed by atoms with van der Waals surface area (Å²) in [6.07, 6.45) is 7.65. The number of rotatable bonds is 6. The molecule has 0 bridgehead atoms. The maximum absolute atomic E-state index is 13.7. The van der Waals surface area contributed by atoms with Gasteiger partial charge in [0.25, 0.3) is 5.91 Å². The maximum Gasteiger partial charge on any atom is 0.262 e. The zero-order chi connectivity index (χ0) is 25.0. The Labute approximate surface area is 219 Å². The first-order chi connectivity index (χ1) is 17.4. The van der Waals surface area contributed by atoms with Crippen LogP contribution in [0.25, 0.3) is 0 Å². The number of ether oxygens (including phenoxy) is 1. The minimum absolute atomic E-state index is 0.0180. The second-order valence-electron chi connectivity index (χ2n) is 10.7. The Morgan fingerprint density at radius 2 is 2.00 bits per heavy atom. The molecule has 4 fully saturated rings. The van der Waals surface area contributed by atoms with Crippen molar-refractivity contribution in [1.82, 2.24) is 10.2 Å². The Bertz CT molecular complexity index is 1120. The van der Waals surface area contributed by atoms with Gasteiger partial charge in [0.2, 0.25) is 5.91 Å². The number of likely N-dealkylation sites (tertiary alicyclic amines) is 1. The summed E-state index contributed by atoms with van der Waals surface area (Å²) in [5.41, 5.74) is 0. The number of carbonyl (C=O) groups excluding carboxylic acids is 3. The number of thiophene rings is 1. The molecule has 5 aliphatic rings. The van der Waals surface area contributed by atoms with Crippen molar-refractivity contribution >= 4 is 52.6 Å². The predicted molar refractivity (Wildman–Crippen MR) is 138 cm³/mol. The highest BCUT2D eigenvalue weighted by atomic mass is 35.5. The highest BCUT2D eigenvalue weighted by molar-refractivity contribution is 7.14. The number of Topliss-reactive ketones (excluding diaryl/α,β-unsaturated/α-hetero) is 1. The van der Waals surface area contributed by atoms with Gasteiger partial charge in [-0.2, -0.15) is 0 Å². The van der Waals surface area contributed by atoms with Crippen LogP contribution >= 0.6 is 22.9 Å². The Morgan fingerprint density at radius 3 is 2.72 bits per heavy atom. The molecule has 0 aromatic carbocycles. The van der Waals surface area contributed by atoms with Gasteiger partial charge in [0, 0.05) is 23.6 Å². The molecule has 2 unspecified atom stereocenters. The zero-order valence-corrected chi connectivity index (χ0v) is 21.8. The molecular formula is C26H31ClN4O4S. The van der Waals surface area contributed by atoms with Crippen LogP contribution in [0.3, 0.4) is 0 Å². The van der Waals surface area contributed by atoms with Crippen molar-refractivity contribution in [2.24, 2.45) is 21.8 Å². The topological polar surface area (TPSA) is 100 Å². The number of nitrogens with zero attached hydrogens (tertiary/aromatic N) is 3. The first-order valence-corrected chi connectivity index (χ1v) is 14.3. The van der Waals surface area contributed by atoms with Crippen LogP contribution in [0.1, 0.15) is 65.9 Å². The fourth-order valence-corrected chi connectivity index (χ4v) is 7.44. The van der Waals surface area contributed by atoms with Crippen LogP contribution in [0.5, 0.6) is 0 Å². The highest BCUT2D eigenvalue weighted by Gasteiger charge is 2.53. The van der Waals surface area contributed by atoms with Gasteiger partial charge in [-0.05, 0) is 50.7 Å². The van der Waals surface area contributed by atoms with E-state index >= 15 is 0 Å². The van der Waals surface area contributed by atoms with Gasteiger partial charge < -0.3 is 15.0 Å². The number of fused-ring (bicyclic) bond motifs is 1. The number of amidine groups is 1. The number of carbonyl (C=O) groups is 3. The molecule has 10 heteroatoms. The van der Waals surface area contributed by atoms with Crippen LogP contribution in [0, 0.1) is 11.8 Å². The first-order valence-electron chi connectivity index (χ1n) is 13.0. The molecule has 1 aromatic rings. The molecule has 2 saturated carbocycles. The molecule has 0 spiro atoms. The number of amides is 2. The summed E-state index contributed by atoms with van der Waals surface area (Å²) >= 11 is 7.85. The first kappa shape index (κ1) is 24.2. The van der Waals surface area contributed by atoms with E-state index in [0.29, 0.717) is 10.8 Å². The summed E-state index contributed by atoms with van der Waals surface area (Å²) in [6, 6.07) is 2.54. The second kappa shape index (κ2) is 9.65. The fraction of sp³-hybridized carbons (Fsp3) is 0.654. The third kappa shape index (κ3) is 4.43. The van der Waals surface area contributed by atoms with Gasteiger partial charge in [0.05, 0.1) is 22.2 Å². The van der Waals surface area contributed by atoms with E-state index in [1.165, 1.54) is 24.2 Å². The van der Waals surface area contributed by atoms with Crippen LogP contribution in [-0.2, 0) is 14.3 Å². The van der Waals surface area contributed by atoms with Crippen LogP contribution in [0.4, 0.5) is 0 Å². The maximum atomic E-state index is 13.7. The van der Waals surface area contributed by atoms with E-state index in [9.17, 15) is 14.4 Å². The molecule has 6 atom stereocenters. The minimum atomic E-state index is -0.678. The lowest BCUT2D eigenvalue weighted by Gasteiger charge is -2.30. The molecule has 1 N–H and O–H groups in total. The lowest BCUT2D eigenvalue weighted by Crippen LogP contribution is -2.54. The van der Waals surface area contributed by atoms with E-state index in [2.05, 4.69) is 17.2 Å². The Kier molecular flexibility index (Phi) is 6.50. The fourth-order valence-electron chi connectivity index (χ4n) is 6.01. The lowest BCUT2D eigenvalue weighted by molar-refractivity contribution is -0.139. The van der Waals surface area contributed by atoms with Crippen LogP contribution in [-0.4, -0.2) is 77.3 Å². The molecular weight excluding hydrogens is 500 g/mol. The van der Waals surface area contributed by atoms with Crippen molar-refractivity contribution in [2.45, 2.75) is 81.0 Å². The number of hydrogen-bond acceptors (Lipinski definition) is 7. The summed E-state index contributed by atoms with van der Waals surface area (Å²) in [6.45, 7) is 2.33. The molecule has 8 nitrogen and oxygen atoms in total. The number of hydrogen-bond donors (Lipinski definition) is 1. The van der Waals surface area contributed by atoms with Gasteiger partial charge in [-0.15, -0.1) is 22.9 Å². The number of alkyl halides is 1. The van der Waals surface area contributed by atoms with Crippen molar-refractivity contribution in [3.05, 3.63) is 21.9 Å². The lowest BCUT2D eigenvalue weighted by atomic mass is 9.96. The zero-order valence-electron chi connectivity index (χ0n) is 20.3. The van der Waals surface area contributed by atoms with Crippen LogP contribution < -0.4 is 5.32 Å². The quantitative estimate of drug-likeness (QED) is 0.571. The Balaban J connectivity index is 1.18. The van der Waals surface area contributed by atoms with E-state index in [1.54, 1.807) is 4.90 Å². The molecule has 4 heterocycles. The molecule has 36 heavy (non-hydrogen) atoms. The molecule has 3 aliphatic heterocycles. The van der Waals surface area contributed by atoms with E-state index in [-0.39, 0.29) is 48.6 Å². The molecule has 0 radical (unpaired) electrons. The summed E-state index contributed by atoms with van der Waals surface area (Å²) in [5.74, 6) is 0.969. The Morgan fingerprint density at radius 1 is 1.22 bits per heavy atom. The van der Waals surface area contributed by atoms with E-state index in [1.807, 2.05) is 18.3 Å². The Hall–Kier alpha value is -2.10. The van der Waals surface area contributed by atoms with Crippen molar-refractivity contribution in [2.75, 3.05) is 13.2 Å². The molecule has 6 rings (SSSR count). The molecule has 192 valence electrons. The van der Waals surface area contributed by atoms with Crippen molar-refractivity contribution < 1.29 is 19.1 Å². The van der Waals surface area contributed by atoms with Gasteiger partial charge in [-0.3, -0.25) is 19.4 Å². The summed E-state index contributed by atoms with van der Waals surface area (Å²) in [7, 11) is 0. The molecule has 2 amide bonds. The van der Waals surface area contributed by atoms with E-state index < -0.39 is 23.6 Å². The van der Waals surface area contributed by atoms with Gasteiger partial charge in [0.15, 0.2) is 5.78 Å².